The number of nitrogens with zero attached hydrogens (tertiary/aromatic N) is 1. The third-order valence-corrected chi connectivity index (χ3v) is 3.73. The van der Waals surface area contributed by atoms with Gasteiger partial charge in [0.2, 0.25) is 0 Å². The lowest BCUT2D eigenvalue weighted by Crippen LogP contribution is -2.19. The van der Waals surface area contributed by atoms with E-state index in [1.165, 1.54) is 10.6 Å². The summed E-state index contributed by atoms with van der Waals surface area (Å²) in [6, 6.07) is 0. The minimum Gasteiger partial charge on any atom is -0.396 e. The van der Waals surface area contributed by atoms with Crippen LogP contribution in [0.5, 0.6) is 0 Å². The summed E-state index contributed by atoms with van der Waals surface area (Å²) in [5.74, 6) is 0.436. The Kier molecular flexibility index (Phi) is 6.61. The van der Waals surface area contributed by atoms with E-state index in [9.17, 15) is 0 Å². The van der Waals surface area contributed by atoms with Crippen molar-refractivity contribution < 1.29 is 5.11 Å². The lowest BCUT2D eigenvalue weighted by Gasteiger charge is -2.08. The van der Waals surface area contributed by atoms with Crippen LogP contribution in [0, 0.1) is 12.8 Å². The van der Waals surface area contributed by atoms with Gasteiger partial charge in [0, 0.05) is 18.0 Å². The van der Waals surface area contributed by atoms with Crippen molar-refractivity contribution in [3.05, 3.63) is 16.1 Å². The number of nitrogens with one attached hydrogen (secondary N) is 1. The van der Waals surface area contributed by atoms with Crippen molar-refractivity contribution in [2.75, 3.05) is 19.7 Å². The van der Waals surface area contributed by atoms with Gasteiger partial charge in [-0.05, 0) is 38.6 Å². The maximum atomic E-state index is 8.87. The predicted octanol–water partition coefficient (Wildman–Crippen LogP) is 1.99. The second-order valence-electron chi connectivity index (χ2n) is 4.29. The zero-order valence-corrected chi connectivity index (χ0v) is 11.0. The van der Waals surface area contributed by atoms with Gasteiger partial charge >= 0.3 is 0 Å². The molecule has 2 N–H and O–H groups in total. The molecule has 0 fully saturated rings. The Labute approximate surface area is 102 Å². The van der Waals surface area contributed by atoms with Crippen LogP contribution in [-0.2, 0) is 6.42 Å². The van der Waals surface area contributed by atoms with Crippen molar-refractivity contribution in [2.45, 2.75) is 33.1 Å². The second-order valence-corrected chi connectivity index (χ2v) is 5.23. The van der Waals surface area contributed by atoms with Gasteiger partial charge < -0.3 is 10.4 Å². The monoisotopic (exact) mass is 242 g/mol. The van der Waals surface area contributed by atoms with Gasteiger partial charge in [-0.2, -0.15) is 0 Å². The highest BCUT2D eigenvalue weighted by molar-refractivity contribution is 7.09. The maximum absolute atomic E-state index is 8.87. The average Bonchev–Trinajstić information content (AvgIpc) is 2.69. The molecule has 0 aliphatic carbocycles. The summed E-state index contributed by atoms with van der Waals surface area (Å²) >= 11 is 1.74. The molecule has 1 atom stereocenters. The van der Waals surface area contributed by atoms with Gasteiger partial charge in [-0.15, -0.1) is 11.3 Å². The smallest absolute Gasteiger partial charge is 0.0797 e. The molecule has 1 rings (SSSR count). The third-order valence-electron chi connectivity index (χ3n) is 2.74. The molecule has 3 nitrogen and oxygen atoms in total. The topological polar surface area (TPSA) is 45.2 Å². The van der Waals surface area contributed by atoms with Crippen molar-refractivity contribution in [3.63, 3.8) is 0 Å². The van der Waals surface area contributed by atoms with Gasteiger partial charge in [0.1, 0.15) is 0 Å². The molecule has 0 aliphatic rings. The maximum Gasteiger partial charge on any atom is 0.0797 e. The Hall–Kier alpha value is -0.450. The Balaban J connectivity index is 1.98. The van der Waals surface area contributed by atoms with Crippen LogP contribution in [-0.4, -0.2) is 29.8 Å². The summed E-state index contributed by atoms with van der Waals surface area (Å²) in [5.41, 5.74) is 3.08. The van der Waals surface area contributed by atoms with E-state index < -0.39 is 0 Å². The number of aliphatic hydroxyl groups excluding tert-OH is 1. The largest absolute Gasteiger partial charge is 0.396 e. The first-order valence-corrected chi connectivity index (χ1v) is 6.82. The number of thiazole rings is 1. The Morgan fingerprint density at radius 1 is 1.50 bits per heavy atom. The summed E-state index contributed by atoms with van der Waals surface area (Å²) in [6.07, 6.45) is 3.32. The van der Waals surface area contributed by atoms with Crippen molar-refractivity contribution in [2.24, 2.45) is 5.92 Å². The van der Waals surface area contributed by atoms with Crippen LogP contribution >= 0.6 is 11.3 Å². The molecule has 0 saturated heterocycles. The van der Waals surface area contributed by atoms with E-state index in [4.69, 9.17) is 5.11 Å². The van der Waals surface area contributed by atoms with Gasteiger partial charge in [-0.3, -0.25) is 0 Å². The molecule has 0 spiro atoms. The lowest BCUT2D eigenvalue weighted by atomic mass is 10.1. The highest BCUT2D eigenvalue weighted by Gasteiger charge is 2.01. The van der Waals surface area contributed by atoms with Crippen LogP contribution < -0.4 is 5.32 Å². The molecule has 0 bridgehead atoms. The fraction of sp³-hybridized carbons (Fsp3) is 0.750. The summed E-state index contributed by atoms with van der Waals surface area (Å²) in [4.78, 5) is 5.61. The summed E-state index contributed by atoms with van der Waals surface area (Å²) in [5, 5.41) is 12.3. The highest BCUT2D eigenvalue weighted by atomic mass is 32.1. The van der Waals surface area contributed by atoms with E-state index in [1.54, 1.807) is 11.3 Å². The highest BCUT2D eigenvalue weighted by Crippen LogP contribution is 2.11. The van der Waals surface area contributed by atoms with Crippen LogP contribution in [0.3, 0.4) is 0 Å². The number of aryl methyl sites for hydroxylation is 1. The molecular formula is C12H22N2OS. The molecular weight excluding hydrogens is 220 g/mol. The van der Waals surface area contributed by atoms with E-state index in [-0.39, 0.29) is 0 Å². The second kappa shape index (κ2) is 7.76. The molecule has 1 heterocycles. The third kappa shape index (κ3) is 5.05. The number of aromatic nitrogens is 1. The molecule has 0 aliphatic heterocycles. The lowest BCUT2D eigenvalue weighted by molar-refractivity contribution is 0.228. The zero-order chi connectivity index (χ0) is 11.8. The molecule has 4 heteroatoms. The van der Waals surface area contributed by atoms with Crippen LogP contribution in [0.2, 0.25) is 0 Å². The molecule has 1 aromatic rings. The Morgan fingerprint density at radius 3 is 2.94 bits per heavy atom. The normalized spacial score (nSPS) is 12.9. The Morgan fingerprint density at radius 2 is 2.31 bits per heavy atom. The van der Waals surface area contributed by atoms with Crippen molar-refractivity contribution in [3.8, 4) is 0 Å². The number of hydrogen-bond donors (Lipinski definition) is 2. The molecule has 0 amide bonds. The quantitative estimate of drug-likeness (QED) is 0.685. The Bertz CT molecular complexity index is 288. The number of rotatable bonds is 8. The zero-order valence-electron chi connectivity index (χ0n) is 10.2. The van der Waals surface area contributed by atoms with Gasteiger partial charge in [-0.1, -0.05) is 6.92 Å². The molecule has 1 unspecified atom stereocenters. The van der Waals surface area contributed by atoms with Gasteiger partial charge in [-0.25, -0.2) is 4.98 Å². The minimum atomic E-state index is 0.306. The van der Waals surface area contributed by atoms with Gasteiger partial charge in [0.05, 0.1) is 11.2 Å². The fourth-order valence-electron chi connectivity index (χ4n) is 1.56. The van der Waals surface area contributed by atoms with Gasteiger partial charge in [0.15, 0.2) is 0 Å². The first-order chi connectivity index (χ1) is 7.74. The molecule has 16 heavy (non-hydrogen) atoms. The molecule has 1 aromatic heterocycles. The van der Waals surface area contributed by atoms with Crippen LogP contribution in [0.25, 0.3) is 0 Å². The SMILES string of the molecule is Cc1ncsc1CCNCCCC(C)CO. The summed E-state index contributed by atoms with van der Waals surface area (Å²) in [7, 11) is 0. The molecule has 92 valence electrons. The standard InChI is InChI=1S/C12H22N2OS/c1-10(8-15)4-3-6-13-7-5-12-11(2)14-9-16-12/h9-10,13,15H,3-8H2,1-2H3. The number of hydrogen-bond acceptors (Lipinski definition) is 4. The van der Waals surface area contributed by atoms with Crippen molar-refractivity contribution in [1.82, 2.24) is 10.3 Å². The van der Waals surface area contributed by atoms with E-state index >= 15 is 0 Å². The summed E-state index contributed by atoms with van der Waals surface area (Å²) < 4.78 is 0. The van der Waals surface area contributed by atoms with Crippen molar-refractivity contribution in [1.29, 1.82) is 0 Å². The van der Waals surface area contributed by atoms with Crippen LogP contribution in [0.1, 0.15) is 30.3 Å². The van der Waals surface area contributed by atoms with E-state index in [2.05, 4.69) is 24.1 Å². The minimum absolute atomic E-state index is 0.306. The van der Waals surface area contributed by atoms with E-state index in [0.717, 1.165) is 32.4 Å². The predicted molar refractivity (Wildman–Crippen MR) is 68.9 cm³/mol. The molecule has 0 aromatic carbocycles. The molecule has 0 saturated carbocycles. The first kappa shape index (κ1) is 13.6. The average molecular weight is 242 g/mol. The van der Waals surface area contributed by atoms with Gasteiger partial charge in [0.25, 0.3) is 0 Å². The van der Waals surface area contributed by atoms with Crippen LogP contribution in [0.4, 0.5) is 0 Å². The first-order valence-electron chi connectivity index (χ1n) is 5.94. The van der Waals surface area contributed by atoms with E-state index in [0.29, 0.717) is 12.5 Å². The fourth-order valence-corrected chi connectivity index (χ4v) is 2.34. The van der Waals surface area contributed by atoms with Crippen molar-refractivity contribution >= 4 is 11.3 Å². The van der Waals surface area contributed by atoms with E-state index in [1.807, 2.05) is 5.51 Å². The number of aliphatic hydroxyl groups is 1. The van der Waals surface area contributed by atoms with Crippen LogP contribution in [0.15, 0.2) is 5.51 Å². The molecule has 0 radical (unpaired) electrons. The summed E-state index contributed by atoms with van der Waals surface area (Å²) in [6.45, 7) is 6.52.